The fraction of sp³-hybridized carbons (Fsp3) is 0.280. The Bertz CT molecular complexity index is 1250. The number of carbonyl (C=O) groups excluding carboxylic acids is 1. The number of halogens is 4. The second kappa shape index (κ2) is 8.39. The molecule has 1 amide bonds. The van der Waals surface area contributed by atoms with Crippen LogP contribution < -0.4 is 9.64 Å². The highest BCUT2D eigenvalue weighted by Gasteiger charge is 2.34. The summed E-state index contributed by atoms with van der Waals surface area (Å²) in [6, 6.07) is 12.0. The van der Waals surface area contributed by atoms with E-state index in [9.17, 15) is 27.5 Å². The van der Waals surface area contributed by atoms with Crippen molar-refractivity contribution in [3.05, 3.63) is 76.7 Å². The number of amides is 1. The van der Waals surface area contributed by atoms with Crippen LogP contribution in [-0.2, 0) is 12.1 Å². The molecule has 2 aromatic carbocycles. The van der Waals surface area contributed by atoms with Crippen LogP contribution in [0.5, 0.6) is 5.75 Å². The molecule has 1 aliphatic rings. The van der Waals surface area contributed by atoms with Gasteiger partial charge in [0.25, 0.3) is 5.91 Å². The van der Waals surface area contributed by atoms with E-state index >= 15 is 0 Å². The standard InChI is InChI=1S/C25H22F4N2O3/c1-14-11-17-18(12-31(23(17)32)16-9-7-15(8-10-16)24(2,3)33)22(30-14)21-19(26)5-4-6-20(21)34-13-25(27,28)29/h4-11,33H,12-13H2,1-3H3. The van der Waals surface area contributed by atoms with Crippen LogP contribution in [0, 0.1) is 12.7 Å². The molecule has 4 rings (SSSR count). The molecule has 0 saturated heterocycles. The zero-order valence-electron chi connectivity index (χ0n) is 18.7. The van der Waals surface area contributed by atoms with Crippen LogP contribution in [-0.4, -0.2) is 28.8 Å². The average molecular weight is 474 g/mol. The molecular weight excluding hydrogens is 452 g/mol. The van der Waals surface area contributed by atoms with E-state index in [4.69, 9.17) is 4.74 Å². The maximum atomic E-state index is 14.9. The molecule has 0 bridgehead atoms. The predicted octanol–water partition coefficient (Wildman–Crippen LogP) is 5.53. The van der Waals surface area contributed by atoms with E-state index in [1.54, 1.807) is 51.1 Å². The van der Waals surface area contributed by atoms with E-state index in [-0.39, 0.29) is 29.5 Å². The van der Waals surface area contributed by atoms with E-state index in [1.807, 2.05) is 0 Å². The van der Waals surface area contributed by atoms with Crippen LogP contribution in [0.25, 0.3) is 11.3 Å². The Hall–Kier alpha value is -3.46. The lowest BCUT2D eigenvalue weighted by Gasteiger charge is -2.20. The van der Waals surface area contributed by atoms with E-state index in [2.05, 4.69) is 4.98 Å². The second-order valence-electron chi connectivity index (χ2n) is 8.65. The predicted molar refractivity (Wildman–Crippen MR) is 118 cm³/mol. The van der Waals surface area contributed by atoms with Gasteiger partial charge in [-0.05, 0) is 56.7 Å². The number of ether oxygens (including phenoxy) is 1. The van der Waals surface area contributed by atoms with Crippen LogP contribution in [0.1, 0.15) is 41.0 Å². The number of anilines is 1. The van der Waals surface area contributed by atoms with Crippen LogP contribution in [0.2, 0.25) is 0 Å². The zero-order valence-corrected chi connectivity index (χ0v) is 18.7. The number of aryl methyl sites for hydroxylation is 1. The number of fused-ring (bicyclic) bond motifs is 1. The number of aliphatic hydroxyl groups is 1. The molecule has 3 aromatic rings. The number of alkyl halides is 3. The van der Waals surface area contributed by atoms with Gasteiger partial charge in [-0.2, -0.15) is 13.2 Å². The molecule has 1 N–H and O–H groups in total. The Morgan fingerprint density at radius 2 is 1.79 bits per heavy atom. The molecule has 0 fully saturated rings. The first-order chi connectivity index (χ1) is 15.8. The van der Waals surface area contributed by atoms with Crippen molar-refractivity contribution in [2.45, 2.75) is 39.1 Å². The molecule has 1 aromatic heterocycles. The number of aromatic nitrogens is 1. The average Bonchev–Trinajstić information content (AvgIpc) is 3.07. The summed E-state index contributed by atoms with van der Waals surface area (Å²) in [5.41, 5.74) is 1.10. The van der Waals surface area contributed by atoms with Crippen molar-refractivity contribution in [3.8, 4) is 17.0 Å². The smallest absolute Gasteiger partial charge is 0.422 e. The van der Waals surface area contributed by atoms with Gasteiger partial charge in [-0.15, -0.1) is 0 Å². The van der Waals surface area contributed by atoms with E-state index < -0.39 is 24.2 Å². The molecule has 9 heteroatoms. The number of benzene rings is 2. The largest absolute Gasteiger partial charge is 0.483 e. The molecule has 5 nitrogen and oxygen atoms in total. The summed E-state index contributed by atoms with van der Waals surface area (Å²) >= 11 is 0. The first kappa shape index (κ1) is 23.7. The summed E-state index contributed by atoms with van der Waals surface area (Å²) in [6.07, 6.45) is -4.60. The van der Waals surface area contributed by atoms with Gasteiger partial charge in [0.1, 0.15) is 11.6 Å². The van der Waals surface area contributed by atoms with E-state index in [1.165, 1.54) is 17.0 Å². The third kappa shape index (κ3) is 4.61. The SMILES string of the molecule is Cc1cc2c(c(-c3c(F)cccc3OCC(F)(F)F)n1)CN(c1ccc(C(C)(C)O)cc1)C2=O. The van der Waals surface area contributed by atoms with Gasteiger partial charge in [0.2, 0.25) is 0 Å². The zero-order chi connectivity index (χ0) is 24.8. The second-order valence-corrected chi connectivity index (χ2v) is 8.65. The number of hydrogen-bond donors (Lipinski definition) is 1. The van der Waals surface area contributed by atoms with Gasteiger partial charge < -0.3 is 14.7 Å². The Morgan fingerprint density at radius 3 is 2.41 bits per heavy atom. The molecule has 2 heterocycles. The van der Waals surface area contributed by atoms with Crippen molar-refractivity contribution in [2.24, 2.45) is 0 Å². The van der Waals surface area contributed by atoms with Gasteiger partial charge in [-0.1, -0.05) is 18.2 Å². The molecule has 0 spiro atoms. The van der Waals surface area contributed by atoms with E-state index in [0.29, 0.717) is 28.1 Å². The molecular formula is C25H22F4N2O3. The minimum Gasteiger partial charge on any atom is -0.483 e. The Morgan fingerprint density at radius 1 is 1.12 bits per heavy atom. The lowest BCUT2D eigenvalue weighted by molar-refractivity contribution is -0.153. The van der Waals surface area contributed by atoms with E-state index in [0.717, 1.165) is 6.07 Å². The highest BCUT2D eigenvalue weighted by Crippen LogP contribution is 2.40. The minimum atomic E-state index is -4.60. The summed E-state index contributed by atoms with van der Waals surface area (Å²) in [7, 11) is 0. The van der Waals surface area contributed by atoms with Crippen molar-refractivity contribution >= 4 is 11.6 Å². The Labute approximate surface area is 193 Å². The van der Waals surface area contributed by atoms with Crippen LogP contribution in [0.3, 0.4) is 0 Å². The topological polar surface area (TPSA) is 62.7 Å². The number of nitrogens with zero attached hydrogens (tertiary/aromatic N) is 2. The quantitative estimate of drug-likeness (QED) is 0.495. The van der Waals surface area contributed by atoms with Gasteiger partial charge in [0.15, 0.2) is 6.61 Å². The highest BCUT2D eigenvalue weighted by molar-refractivity contribution is 6.11. The van der Waals surface area contributed by atoms with Crippen molar-refractivity contribution < 1.29 is 32.2 Å². The van der Waals surface area contributed by atoms with Gasteiger partial charge in [-0.3, -0.25) is 9.78 Å². The molecule has 0 aliphatic carbocycles. The lowest BCUT2D eigenvalue weighted by atomic mass is 9.98. The van der Waals surface area contributed by atoms with Crippen molar-refractivity contribution in [2.75, 3.05) is 11.5 Å². The fourth-order valence-corrected chi connectivity index (χ4v) is 3.90. The summed E-state index contributed by atoms with van der Waals surface area (Å²) in [5.74, 6) is -1.45. The molecule has 1 aliphatic heterocycles. The molecule has 0 atom stereocenters. The lowest BCUT2D eigenvalue weighted by Crippen LogP contribution is -2.23. The fourth-order valence-electron chi connectivity index (χ4n) is 3.90. The van der Waals surface area contributed by atoms with Gasteiger partial charge in [0, 0.05) is 22.5 Å². The minimum absolute atomic E-state index is 0.0473. The number of pyridine rings is 1. The van der Waals surface area contributed by atoms with Crippen molar-refractivity contribution in [1.29, 1.82) is 0 Å². The Kier molecular flexibility index (Phi) is 5.85. The number of carbonyl (C=O) groups is 1. The number of hydrogen-bond acceptors (Lipinski definition) is 4. The molecule has 0 radical (unpaired) electrons. The Balaban J connectivity index is 1.77. The van der Waals surface area contributed by atoms with Crippen molar-refractivity contribution in [3.63, 3.8) is 0 Å². The van der Waals surface area contributed by atoms with Gasteiger partial charge >= 0.3 is 6.18 Å². The first-order valence-corrected chi connectivity index (χ1v) is 10.5. The summed E-state index contributed by atoms with van der Waals surface area (Å²) < 4.78 is 58.1. The third-order valence-electron chi connectivity index (χ3n) is 5.53. The first-order valence-electron chi connectivity index (χ1n) is 10.5. The van der Waals surface area contributed by atoms with Crippen LogP contribution >= 0.6 is 0 Å². The van der Waals surface area contributed by atoms with Crippen molar-refractivity contribution in [1.82, 2.24) is 4.98 Å². The molecule has 0 saturated carbocycles. The van der Waals surface area contributed by atoms with Crippen LogP contribution in [0.15, 0.2) is 48.5 Å². The molecule has 178 valence electrons. The molecule has 0 unspecified atom stereocenters. The third-order valence-corrected chi connectivity index (χ3v) is 5.53. The maximum Gasteiger partial charge on any atom is 0.422 e. The summed E-state index contributed by atoms with van der Waals surface area (Å²) in [4.78, 5) is 19.1. The monoisotopic (exact) mass is 474 g/mol. The molecule has 34 heavy (non-hydrogen) atoms. The summed E-state index contributed by atoms with van der Waals surface area (Å²) in [5, 5.41) is 10.2. The summed E-state index contributed by atoms with van der Waals surface area (Å²) in [6.45, 7) is 3.37. The van der Waals surface area contributed by atoms with Gasteiger partial charge in [0.05, 0.1) is 23.4 Å². The maximum absolute atomic E-state index is 14.9. The van der Waals surface area contributed by atoms with Gasteiger partial charge in [-0.25, -0.2) is 4.39 Å². The highest BCUT2D eigenvalue weighted by atomic mass is 19.4. The number of rotatable bonds is 5. The van der Waals surface area contributed by atoms with Crippen LogP contribution in [0.4, 0.5) is 23.2 Å². The normalized spacial score (nSPS) is 13.9.